The first kappa shape index (κ1) is 20.3. The molecule has 3 aromatic rings. The van der Waals surface area contributed by atoms with Gasteiger partial charge in [-0.15, -0.1) is 0 Å². The predicted octanol–water partition coefficient (Wildman–Crippen LogP) is 3.77. The third kappa shape index (κ3) is 4.30. The Morgan fingerprint density at radius 2 is 1.93 bits per heavy atom. The maximum Gasteiger partial charge on any atom is 0.390 e. The molecule has 2 aromatic heterocycles. The molecule has 0 saturated carbocycles. The quantitative estimate of drug-likeness (QED) is 0.687. The van der Waals surface area contributed by atoms with Gasteiger partial charge in [-0.2, -0.15) is 13.2 Å². The number of fused-ring (bicyclic) bond motifs is 1. The molecule has 0 aliphatic carbocycles. The van der Waals surface area contributed by atoms with Crippen molar-refractivity contribution in [2.24, 2.45) is 13.0 Å². The zero-order chi connectivity index (χ0) is 21.5. The molecule has 0 bridgehead atoms. The molecule has 6 nitrogen and oxygen atoms in total. The Kier molecular flexibility index (Phi) is 5.23. The predicted molar refractivity (Wildman–Crippen MR) is 108 cm³/mol. The molecule has 1 aromatic carbocycles. The van der Waals surface area contributed by atoms with Gasteiger partial charge >= 0.3 is 6.18 Å². The van der Waals surface area contributed by atoms with Crippen LogP contribution in [-0.2, 0) is 11.8 Å². The normalized spacial score (nSPS) is 15.4. The molecule has 1 saturated heterocycles. The van der Waals surface area contributed by atoms with E-state index < -0.39 is 12.6 Å². The van der Waals surface area contributed by atoms with E-state index in [1.54, 1.807) is 17.2 Å². The van der Waals surface area contributed by atoms with Crippen LogP contribution in [0.1, 0.15) is 12.2 Å². The second kappa shape index (κ2) is 7.71. The summed E-state index contributed by atoms with van der Waals surface area (Å²) in [6, 6.07) is 7.80. The number of hydrogen-bond acceptors (Lipinski definition) is 4. The minimum atomic E-state index is -4.17. The molecule has 1 aliphatic heterocycles. The monoisotopic (exact) mass is 417 g/mol. The fraction of sp³-hybridized carbons (Fsp3) is 0.381. The van der Waals surface area contributed by atoms with Gasteiger partial charge in [0.15, 0.2) is 0 Å². The highest BCUT2D eigenvalue weighted by atomic mass is 19.4. The third-order valence-electron chi connectivity index (χ3n) is 5.53. The first-order valence-electron chi connectivity index (χ1n) is 9.68. The molecule has 1 aliphatic rings. The Hall–Kier alpha value is -2.94. The van der Waals surface area contributed by atoms with Gasteiger partial charge in [0, 0.05) is 43.8 Å². The van der Waals surface area contributed by atoms with Crippen molar-refractivity contribution in [1.82, 2.24) is 19.4 Å². The first-order valence-corrected chi connectivity index (χ1v) is 9.68. The van der Waals surface area contributed by atoms with Gasteiger partial charge in [-0.25, -0.2) is 9.97 Å². The van der Waals surface area contributed by atoms with Crippen molar-refractivity contribution < 1.29 is 18.0 Å². The van der Waals surface area contributed by atoms with Crippen LogP contribution in [0.4, 0.5) is 19.0 Å². The summed E-state index contributed by atoms with van der Waals surface area (Å²) >= 11 is 0. The minimum absolute atomic E-state index is 0.0717. The molecule has 3 heterocycles. The van der Waals surface area contributed by atoms with Crippen molar-refractivity contribution in [3.8, 4) is 11.3 Å². The Morgan fingerprint density at radius 3 is 2.60 bits per heavy atom. The fourth-order valence-corrected chi connectivity index (χ4v) is 3.57. The van der Waals surface area contributed by atoms with Gasteiger partial charge in [0.2, 0.25) is 5.91 Å². The second-order valence-corrected chi connectivity index (χ2v) is 7.69. The maximum absolute atomic E-state index is 12.4. The Morgan fingerprint density at radius 1 is 1.17 bits per heavy atom. The van der Waals surface area contributed by atoms with Gasteiger partial charge in [-0.05, 0) is 24.4 Å². The average Bonchev–Trinajstić information content (AvgIpc) is 2.98. The molecule has 0 atom stereocenters. The molecular formula is C21H22F3N5O. The number of halogens is 3. The van der Waals surface area contributed by atoms with Crippen LogP contribution in [0.15, 0.2) is 36.7 Å². The first-order chi connectivity index (χ1) is 14.2. The van der Waals surface area contributed by atoms with Crippen molar-refractivity contribution in [2.75, 3.05) is 25.0 Å². The van der Waals surface area contributed by atoms with Gasteiger partial charge in [0.1, 0.15) is 11.6 Å². The summed E-state index contributed by atoms with van der Waals surface area (Å²) in [4.78, 5) is 22.6. The number of aromatic nitrogens is 3. The third-order valence-corrected chi connectivity index (χ3v) is 5.53. The second-order valence-electron chi connectivity index (χ2n) is 7.69. The van der Waals surface area contributed by atoms with Gasteiger partial charge in [0.25, 0.3) is 0 Å². The lowest BCUT2D eigenvalue weighted by Gasteiger charge is -2.38. The van der Waals surface area contributed by atoms with Crippen LogP contribution in [0.3, 0.4) is 0 Å². The molecule has 0 unspecified atom stereocenters. The van der Waals surface area contributed by atoms with Gasteiger partial charge in [-0.1, -0.05) is 12.1 Å². The zero-order valence-corrected chi connectivity index (χ0v) is 16.7. The van der Waals surface area contributed by atoms with E-state index in [1.807, 2.05) is 42.9 Å². The molecule has 0 spiro atoms. The number of anilines is 1. The number of likely N-dealkylation sites (tertiary alicyclic amines) is 1. The molecule has 4 rings (SSSR count). The number of rotatable bonds is 5. The molecule has 1 amide bonds. The number of hydrogen-bond donors (Lipinski definition) is 1. The lowest BCUT2D eigenvalue weighted by atomic mass is 9.99. The zero-order valence-electron chi connectivity index (χ0n) is 16.7. The van der Waals surface area contributed by atoms with Crippen molar-refractivity contribution >= 4 is 22.5 Å². The highest BCUT2D eigenvalue weighted by Gasteiger charge is 2.35. The molecule has 1 fully saturated rings. The number of carbonyl (C=O) groups excluding carboxylic acids is 1. The van der Waals surface area contributed by atoms with E-state index in [-0.39, 0.29) is 18.4 Å². The number of imidazole rings is 1. The van der Waals surface area contributed by atoms with Gasteiger partial charge < -0.3 is 14.8 Å². The number of amides is 1. The number of nitrogens with zero attached hydrogens (tertiary/aromatic N) is 4. The van der Waals surface area contributed by atoms with E-state index >= 15 is 0 Å². The average molecular weight is 417 g/mol. The number of benzene rings is 1. The smallest absolute Gasteiger partial charge is 0.331 e. The highest BCUT2D eigenvalue weighted by molar-refractivity contribution is 5.95. The van der Waals surface area contributed by atoms with Crippen LogP contribution >= 0.6 is 0 Å². The number of pyridine rings is 1. The SMILES string of the molecule is Cc1ncc(-c2ccc3cnc(NC(=O)C4CN(CCC(F)(F)F)C4)cc3c2)n1C. The maximum atomic E-state index is 12.4. The van der Waals surface area contributed by atoms with E-state index in [0.717, 1.165) is 27.9 Å². The van der Waals surface area contributed by atoms with Crippen LogP contribution in [-0.4, -0.2) is 51.2 Å². The lowest BCUT2D eigenvalue weighted by molar-refractivity contribution is -0.143. The van der Waals surface area contributed by atoms with Gasteiger partial charge in [0.05, 0.1) is 24.2 Å². The number of alkyl halides is 3. The Labute approximate surface area is 171 Å². The van der Waals surface area contributed by atoms with Crippen molar-refractivity contribution in [2.45, 2.75) is 19.5 Å². The van der Waals surface area contributed by atoms with Crippen LogP contribution < -0.4 is 5.32 Å². The van der Waals surface area contributed by atoms with Crippen LogP contribution in [0, 0.1) is 12.8 Å². The van der Waals surface area contributed by atoms with E-state index in [9.17, 15) is 18.0 Å². The molecule has 158 valence electrons. The summed E-state index contributed by atoms with van der Waals surface area (Å²) < 4.78 is 38.9. The molecule has 1 N–H and O–H groups in total. The summed E-state index contributed by atoms with van der Waals surface area (Å²) in [5.74, 6) is 0.806. The molecule has 0 radical (unpaired) electrons. The van der Waals surface area contributed by atoms with Crippen molar-refractivity contribution in [3.05, 3.63) is 42.5 Å². The molecular weight excluding hydrogens is 395 g/mol. The Bertz CT molecular complexity index is 1090. The van der Waals surface area contributed by atoms with Crippen LogP contribution in [0.5, 0.6) is 0 Å². The highest BCUT2D eigenvalue weighted by Crippen LogP contribution is 2.27. The number of aryl methyl sites for hydroxylation is 1. The number of nitrogens with one attached hydrogen (secondary N) is 1. The van der Waals surface area contributed by atoms with Crippen molar-refractivity contribution in [3.63, 3.8) is 0 Å². The van der Waals surface area contributed by atoms with Crippen LogP contribution in [0.2, 0.25) is 0 Å². The van der Waals surface area contributed by atoms with E-state index in [4.69, 9.17) is 0 Å². The lowest BCUT2D eigenvalue weighted by Crippen LogP contribution is -2.52. The van der Waals surface area contributed by atoms with E-state index in [2.05, 4.69) is 15.3 Å². The molecule has 9 heteroatoms. The van der Waals surface area contributed by atoms with E-state index in [0.29, 0.717) is 18.9 Å². The summed E-state index contributed by atoms with van der Waals surface area (Å²) in [5, 5.41) is 4.66. The standard InChI is InChI=1S/C21H22F3N5O/c1-13-25-10-18(28(13)2)14-3-4-15-9-26-19(8-16(15)7-14)27-20(30)17-11-29(12-17)6-5-21(22,23)24/h3-4,7-10,17H,5-6,11-12H2,1-2H3,(H,26,27,30). The summed E-state index contributed by atoms with van der Waals surface area (Å²) in [6.07, 6.45) is -1.51. The van der Waals surface area contributed by atoms with Gasteiger partial charge in [-0.3, -0.25) is 4.79 Å². The molecule has 30 heavy (non-hydrogen) atoms. The summed E-state index contributed by atoms with van der Waals surface area (Å²) in [5.41, 5.74) is 2.00. The minimum Gasteiger partial charge on any atom is -0.331 e. The summed E-state index contributed by atoms with van der Waals surface area (Å²) in [6.45, 7) is 2.53. The van der Waals surface area contributed by atoms with E-state index in [1.165, 1.54) is 0 Å². The Balaban J connectivity index is 1.42. The largest absolute Gasteiger partial charge is 0.390 e. The number of carbonyl (C=O) groups is 1. The van der Waals surface area contributed by atoms with Crippen LogP contribution in [0.25, 0.3) is 22.0 Å². The fourth-order valence-electron chi connectivity index (χ4n) is 3.57. The van der Waals surface area contributed by atoms with Crippen molar-refractivity contribution in [1.29, 1.82) is 0 Å². The summed E-state index contributed by atoms with van der Waals surface area (Å²) in [7, 11) is 1.96. The topological polar surface area (TPSA) is 63.1 Å².